The van der Waals surface area contributed by atoms with Gasteiger partial charge in [-0.1, -0.05) is 18.2 Å². The number of anilines is 2. The molecule has 0 aliphatic carbocycles. The van der Waals surface area contributed by atoms with Crippen LogP contribution < -0.4 is 10.6 Å². The number of aromatic amines is 1. The minimum atomic E-state index is -0.0901. The van der Waals surface area contributed by atoms with Gasteiger partial charge < -0.3 is 10.6 Å². The van der Waals surface area contributed by atoms with Crippen LogP contribution in [0.25, 0.3) is 10.9 Å². The van der Waals surface area contributed by atoms with Crippen molar-refractivity contribution in [2.75, 3.05) is 17.2 Å². The summed E-state index contributed by atoms with van der Waals surface area (Å²) in [6.45, 7) is 0.227. The minimum Gasteiger partial charge on any atom is -0.376 e. The highest BCUT2D eigenvalue weighted by molar-refractivity contribution is 5.95. The highest BCUT2D eigenvalue weighted by atomic mass is 16.1. The third-order valence-electron chi connectivity index (χ3n) is 2.95. The summed E-state index contributed by atoms with van der Waals surface area (Å²) < 4.78 is 0. The van der Waals surface area contributed by atoms with E-state index in [2.05, 4.69) is 20.8 Å². The number of carbonyl (C=O) groups is 1. The van der Waals surface area contributed by atoms with Gasteiger partial charge in [0.1, 0.15) is 0 Å². The molecule has 0 aliphatic rings. The van der Waals surface area contributed by atoms with Gasteiger partial charge in [0.15, 0.2) is 0 Å². The molecule has 1 heterocycles. The van der Waals surface area contributed by atoms with Crippen molar-refractivity contribution >= 4 is 28.2 Å². The number of benzene rings is 2. The van der Waals surface area contributed by atoms with E-state index >= 15 is 0 Å². The molecule has 0 saturated heterocycles. The molecular weight excluding hydrogens is 252 g/mol. The quantitative estimate of drug-likeness (QED) is 0.680. The Labute approximate surface area is 116 Å². The summed E-state index contributed by atoms with van der Waals surface area (Å²) in [6.07, 6.45) is 1.75. The third-order valence-corrected chi connectivity index (χ3v) is 2.95. The molecule has 1 aromatic heterocycles. The molecule has 5 heteroatoms. The van der Waals surface area contributed by atoms with E-state index in [-0.39, 0.29) is 12.5 Å². The molecule has 3 rings (SSSR count). The Morgan fingerprint density at radius 3 is 2.80 bits per heavy atom. The monoisotopic (exact) mass is 266 g/mol. The van der Waals surface area contributed by atoms with Crippen molar-refractivity contribution in [3.63, 3.8) is 0 Å². The number of nitrogens with one attached hydrogen (secondary N) is 3. The Bertz CT molecular complexity index is 721. The van der Waals surface area contributed by atoms with Crippen LogP contribution in [0.1, 0.15) is 0 Å². The maximum atomic E-state index is 11.9. The van der Waals surface area contributed by atoms with E-state index in [1.165, 1.54) is 0 Å². The molecule has 1 amide bonds. The molecule has 20 heavy (non-hydrogen) atoms. The molecule has 0 saturated carbocycles. The van der Waals surface area contributed by atoms with Crippen molar-refractivity contribution in [3.8, 4) is 0 Å². The lowest BCUT2D eigenvalue weighted by atomic mass is 10.2. The van der Waals surface area contributed by atoms with Crippen LogP contribution in [0.4, 0.5) is 11.4 Å². The summed E-state index contributed by atoms with van der Waals surface area (Å²) in [4.78, 5) is 11.9. The lowest BCUT2D eigenvalue weighted by Gasteiger charge is -2.07. The van der Waals surface area contributed by atoms with Crippen molar-refractivity contribution < 1.29 is 4.79 Å². The smallest absolute Gasteiger partial charge is 0.243 e. The standard InChI is InChI=1S/C15H14N4O/c20-15(10-16-12-4-2-1-3-5-12)18-13-7-6-11-9-17-19-14(11)8-13/h1-9,16H,10H2,(H,17,19)(H,18,20). The summed E-state index contributed by atoms with van der Waals surface area (Å²) in [5.41, 5.74) is 2.58. The molecule has 5 nitrogen and oxygen atoms in total. The van der Waals surface area contributed by atoms with Gasteiger partial charge in [0, 0.05) is 16.8 Å². The van der Waals surface area contributed by atoms with Crippen molar-refractivity contribution in [1.82, 2.24) is 10.2 Å². The largest absolute Gasteiger partial charge is 0.376 e. The van der Waals surface area contributed by atoms with Crippen LogP contribution in [-0.2, 0) is 4.79 Å². The molecule has 0 aliphatic heterocycles. The van der Waals surface area contributed by atoms with Gasteiger partial charge in [0.25, 0.3) is 0 Å². The van der Waals surface area contributed by atoms with Crippen molar-refractivity contribution in [3.05, 3.63) is 54.7 Å². The van der Waals surface area contributed by atoms with Gasteiger partial charge in [0.05, 0.1) is 18.3 Å². The molecule has 0 bridgehead atoms. The number of para-hydroxylation sites is 1. The fourth-order valence-electron chi connectivity index (χ4n) is 1.96. The number of nitrogens with zero attached hydrogens (tertiary/aromatic N) is 1. The Balaban J connectivity index is 1.61. The first-order valence-corrected chi connectivity index (χ1v) is 6.33. The van der Waals surface area contributed by atoms with Gasteiger partial charge in [-0.25, -0.2) is 0 Å². The maximum absolute atomic E-state index is 11.9. The molecule has 0 atom stereocenters. The summed E-state index contributed by atoms with van der Waals surface area (Å²) in [7, 11) is 0. The third kappa shape index (κ3) is 2.77. The van der Waals surface area contributed by atoms with E-state index in [9.17, 15) is 4.79 Å². The number of hydrogen-bond acceptors (Lipinski definition) is 3. The van der Waals surface area contributed by atoms with Gasteiger partial charge in [-0.05, 0) is 30.3 Å². The van der Waals surface area contributed by atoms with Crippen molar-refractivity contribution in [2.45, 2.75) is 0 Å². The molecule has 0 radical (unpaired) electrons. The van der Waals surface area contributed by atoms with Crippen LogP contribution in [0.15, 0.2) is 54.7 Å². The van der Waals surface area contributed by atoms with Gasteiger partial charge in [0.2, 0.25) is 5.91 Å². The molecule has 0 spiro atoms. The van der Waals surface area contributed by atoms with Gasteiger partial charge in [-0.3, -0.25) is 9.89 Å². The van der Waals surface area contributed by atoms with E-state index in [4.69, 9.17) is 0 Å². The molecule has 0 fully saturated rings. The second kappa shape index (κ2) is 5.44. The summed E-state index contributed by atoms with van der Waals surface area (Å²) in [6, 6.07) is 15.3. The zero-order valence-electron chi connectivity index (χ0n) is 10.8. The first-order chi connectivity index (χ1) is 9.81. The van der Waals surface area contributed by atoms with Crippen molar-refractivity contribution in [2.24, 2.45) is 0 Å². The lowest BCUT2D eigenvalue weighted by molar-refractivity contribution is -0.114. The SMILES string of the molecule is O=C(CNc1ccccc1)Nc1ccc2cn[nH]c2c1. The first-order valence-electron chi connectivity index (χ1n) is 6.33. The predicted molar refractivity (Wildman–Crippen MR) is 79.7 cm³/mol. The van der Waals surface area contributed by atoms with Crippen LogP contribution in [0, 0.1) is 0 Å². The number of hydrogen-bond donors (Lipinski definition) is 3. The van der Waals surface area contributed by atoms with Crippen LogP contribution in [0.5, 0.6) is 0 Å². The average Bonchev–Trinajstić information content (AvgIpc) is 2.94. The lowest BCUT2D eigenvalue weighted by Crippen LogP contribution is -2.21. The zero-order valence-corrected chi connectivity index (χ0v) is 10.8. The first kappa shape index (κ1) is 12.2. The van der Waals surface area contributed by atoms with Crippen LogP contribution in [0.2, 0.25) is 0 Å². The molecule has 3 N–H and O–H groups in total. The fourth-order valence-corrected chi connectivity index (χ4v) is 1.96. The second-order valence-corrected chi connectivity index (χ2v) is 4.44. The minimum absolute atomic E-state index is 0.0901. The van der Waals surface area contributed by atoms with Gasteiger partial charge in [-0.2, -0.15) is 5.10 Å². The van der Waals surface area contributed by atoms with E-state index in [1.807, 2.05) is 48.5 Å². The van der Waals surface area contributed by atoms with Gasteiger partial charge >= 0.3 is 0 Å². The number of H-pyrrole nitrogens is 1. The van der Waals surface area contributed by atoms with E-state index in [1.54, 1.807) is 6.20 Å². The summed E-state index contributed by atoms with van der Waals surface area (Å²) in [5, 5.41) is 13.8. The Morgan fingerprint density at radius 2 is 1.95 bits per heavy atom. The van der Waals surface area contributed by atoms with E-state index < -0.39 is 0 Å². The molecule has 3 aromatic rings. The topological polar surface area (TPSA) is 69.8 Å². The number of fused-ring (bicyclic) bond motifs is 1. The van der Waals surface area contributed by atoms with Gasteiger partial charge in [-0.15, -0.1) is 0 Å². The summed E-state index contributed by atoms with van der Waals surface area (Å²) in [5.74, 6) is -0.0901. The second-order valence-electron chi connectivity index (χ2n) is 4.44. The van der Waals surface area contributed by atoms with E-state index in [0.29, 0.717) is 0 Å². The highest BCUT2D eigenvalue weighted by Crippen LogP contribution is 2.16. The average molecular weight is 266 g/mol. The van der Waals surface area contributed by atoms with E-state index in [0.717, 1.165) is 22.3 Å². The maximum Gasteiger partial charge on any atom is 0.243 e. The zero-order chi connectivity index (χ0) is 13.8. The van der Waals surface area contributed by atoms with Crippen LogP contribution in [-0.4, -0.2) is 22.6 Å². The fraction of sp³-hybridized carbons (Fsp3) is 0.0667. The molecule has 0 unspecified atom stereocenters. The molecule has 2 aromatic carbocycles. The number of rotatable bonds is 4. The van der Waals surface area contributed by atoms with Crippen LogP contribution >= 0.6 is 0 Å². The Kier molecular flexibility index (Phi) is 3.33. The normalized spacial score (nSPS) is 10.4. The molecule has 100 valence electrons. The number of aromatic nitrogens is 2. The van der Waals surface area contributed by atoms with Crippen molar-refractivity contribution in [1.29, 1.82) is 0 Å². The Hall–Kier alpha value is -2.82. The predicted octanol–water partition coefficient (Wildman–Crippen LogP) is 2.61. The molecular formula is C15H14N4O. The number of carbonyl (C=O) groups excluding carboxylic acids is 1. The van der Waals surface area contributed by atoms with Crippen LogP contribution in [0.3, 0.4) is 0 Å². The Morgan fingerprint density at radius 1 is 1.10 bits per heavy atom. The number of amides is 1. The summed E-state index contributed by atoms with van der Waals surface area (Å²) >= 11 is 0. The highest BCUT2D eigenvalue weighted by Gasteiger charge is 2.03.